The van der Waals surface area contributed by atoms with Crippen molar-refractivity contribution in [3.8, 4) is 200 Å². The average Bonchev–Trinajstić information content (AvgIpc) is 0.696. The summed E-state index contributed by atoms with van der Waals surface area (Å²) >= 11 is 0. The van der Waals surface area contributed by atoms with Gasteiger partial charge in [-0.25, -0.2) is 0 Å². The summed E-state index contributed by atoms with van der Waals surface area (Å²) in [6, 6.07) is 211. The minimum absolute atomic E-state index is 1.16. The molecule has 26 rings (SSSR count). The molecule has 0 radical (unpaired) electrons. The Bertz CT molecular complexity index is 8720. The minimum atomic E-state index is 1.16. The standard InChI is InChI=1S/C78H52.C68H48/c1-7-19-53(20-8-1)59-31-39-63(40-32-59)73-69-49-47-67(57-27-15-5-16-28-57)51-71(69)76(66-45-37-62(38-46-66)56-25-13-4-14-26-56)78-74(64-41-33-60(34-42-64)54-21-9-2-10-22-54)70-50-48-68(58-29-17-6-18-30-58)52-72(70)75(77(73)78)65-43-35-61(36-44-65)55-23-11-3-12-24-55;1-45-23-27-53(28-24-45)65-61-43-57(49-19-11-5-12-20-49)39-41-59(61)64(56-37-33-52(34-38-56)48-17-9-4-10-18-48)68-66(54-29-25-46(2)26-30-54)62-44-58(50-21-13-6-14-22-50)40-42-60(62)63(67(65)68)55-35-31-51(32-36-55)47-15-7-3-8-16-47/h1-52H;3-44H,1-2H3. The van der Waals surface area contributed by atoms with E-state index in [0.29, 0.717) is 0 Å². The van der Waals surface area contributed by atoms with E-state index in [1.54, 1.807) is 0 Å². The van der Waals surface area contributed by atoms with Crippen LogP contribution in [0, 0.1) is 13.8 Å². The van der Waals surface area contributed by atoms with Crippen molar-refractivity contribution in [3.63, 3.8) is 0 Å². The number of hydrogen-bond acceptors (Lipinski definition) is 0. The van der Waals surface area contributed by atoms with Crippen LogP contribution in [-0.2, 0) is 0 Å². The van der Waals surface area contributed by atoms with Crippen molar-refractivity contribution in [2.75, 3.05) is 0 Å². The monoisotopic (exact) mass is 1850 g/mol. The van der Waals surface area contributed by atoms with Gasteiger partial charge in [0.2, 0.25) is 0 Å². The van der Waals surface area contributed by atoms with Crippen LogP contribution in [0.5, 0.6) is 0 Å². The summed E-state index contributed by atoms with van der Waals surface area (Å²) in [4.78, 5) is 0. The van der Waals surface area contributed by atoms with Crippen molar-refractivity contribution in [1.82, 2.24) is 0 Å². The van der Waals surface area contributed by atoms with E-state index in [0.717, 1.165) is 22.3 Å². The van der Waals surface area contributed by atoms with Crippen LogP contribution in [0.25, 0.3) is 265 Å². The molecular weight excluding hydrogens is 1750 g/mol. The lowest BCUT2D eigenvalue weighted by molar-refractivity contribution is 1.47. The van der Waals surface area contributed by atoms with Crippen LogP contribution in [0.4, 0.5) is 0 Å². The summed E-state index contributed by atoms with van der Waals surface area (Å²) in [6.45, 7) is 4.37. The predicted molar refractivity (Wildman–Crippen MR) is 625 cm³/mol. The van der Waals surface area contributed by atoms with Gasteiger partial charge >= 0.3 is 0 Å². The molecule has 0 spiro atoms. The van der Waals surface area contributed by atoms with E-state index in [9.17, 15) is 0 Å². The molecule has 0 nitrogen and oxygen atoms in total. The van der Waals surface area contributed by atoms with Gasteiger partial charge in [0.05, 0.1) is 0 Å². The zero-order chi connectivity index (χ0) is 97.3. The quantitative estimate of drug-likeness (QED) is 0.0751. The molecule has 0 unspecified atom stereocenters. The van der Waals surface area contributed by atoms with E-state index in [-0.39, 0.29) is 0 Å². The first-order valence-electron chi connectivity index (χ1n) is 50.6. The predicted octanol–water partition coefficient (Wildman–Crippen LogP) is 40.9. The first kappa shape index (κ1) is 88.7. The van der Waals surface area contributed by atoms with Gasteiger partial charge in [0.25, 0.3) is 0 Å². The van der Waals surface area contributed by atoms with Crippen LogP contribution in [-0.4, -0.2) is 0 Å². The highest BCUT2D eigenvalue weighted by molar-refractivity contribution is 6.37. The van der Waals surface area contributed by atoms with Crippen LogP contribution in [0.3, 0.4) is 0 Å². The van der Waals surface area contributed by atoms with E-state index in [1.807, 2.05) is 0 Å². The zero-order valence-electron chi connectivity index (χ0n) is 81.3. The van der Waals surface area contributed by atoms with Crippen molar-refractivity contribution in [2.45, 2.75) is 13.8 Å². The number of fused-ring (bicyclic) bond motifs is 6. The first-order valence-corrected chi connectivity index (χ1v) is 50.6. The van der Waals surface area contributed by atoms with Crippen molar-refractivity contribution in [3.05, 3.63) is 581 Å². The van der Waals surface area contributed by atoms with E-state index < -0.39 is 0 Å². The number of hydrogen-bond donors (Lipinski definition) is 0. The highest BCUT2D eigenvalue weighted by atomic mass is 14.3. The first-order chi connectivity index (χ1) is 72.2. The third kappa shape index (κ3) is 17.0. The van der Waals surface area contributed by atoms with Gasteiger partial charge in [-0.1, -0.05) is 557 Å². The molecule has 0 aliphatic rings. The molecule has 684 valence electrons. The third-order valence-corrected chi connectivity index (χ3v) is 29.5. The van der Waals surface area contributed by atoms with E-state index >= 15 is 0 Å². The Labute approximate surface area is 853 Å². The Morgan fingerprint density at radius 3 is 0.329 bits per heavy atom. The lowest BCUT2D eigenvalue weighted by Crippen LogP contribution is -1.99. The normalized spacial score (nSPS) is 11.4. The Kier molecular flexibility index (Phi) is 23.7. The largest absolute Gasteiger partial charge is 0.0622 e. The average molecular weight is 1850 g/mol. The summed E-state index contributed by atoms with van der Waals surface area (Å²) < 4.78 is 0. The SMILES string of the molecule is Cc1ccc(-c2c3cc(-c4ccccc4)ccc3c(-c3ccc(-c4ccccc4)cc3)c3c(-c4ccc(C)cc4)c4cc(-c5ccccc5)ccc4c(-c4ccc(-c5ccccc5)cc4)c23)cc1.c1ccc(-c2ccc(-c3c4ccc(-c5ccccc5)cc4c(-c4ccc(-c5ccccc5)cc4)c4c(-c5ccc(-c6ccccc6)cc5)c5ccc(-c6ccccc6)cc5c(-c5ccc(-c6ccccc6)cc5)c34)cc2)cc1. The van der Waals surface area contributed by atoms with Gasteiger partial charge in [-0.15, -0.1) is 0 Å². The molecule has 26 aromatic rings. The fourth-order valence-corrected chi connectivity index (χ4v) is 22.3. The minimum Gasteiger partial charge on any atom is -0.0622 e. The molecule has 0 saturated heterocycles. The van der Waals surface area contributed by atoms with Crippen LogP contribution >= 0.6 is 0 Å². The van der Waals surface area contributed by atoms with Gasteiger partial charge in [0.1, 0.15) is 0 Å². The summed E-state index contributed by atoms with van der Waals surface area (Å²) in [5.74, 6) is 0. The van der Waals surface area contributed by atoms with Crippen LogP contribution in [0.1, 0.15) is 11.1 Å². The van der Waals surface area contributed by atoms with Crippen LogP contribution in [0.15, 0.2) is 570 Å². The lowest BCUT2D eigenvalue weighted by Gasteiger charge is -2.26. The molecule has 146 heavy (non-hydrogen) atoms. The second-order valence-electron chi connectivity index (χ2n) is 38.4. The van der Waals surface area contributed by atoms with Crippen molar-refractivity contribution >= 4 is 64.6 Å². The molecule has 0 heteroatoms. The Balaban J connectivity index is 0.000000154. The Hall–Kier alpha value is -18.7. The number of benzene rings is 26. The maximum Gasteiger partial charge on any atom is -0.000139 e. The number of rotatable bonds is 18. The molecule has 0 N–H and O–H groups in total. The van der Waals surface area contributed by atoms with Crippen LogP contribution in [0.2, 0.25) is 0 Å². The highest BCUT2D eigenvalue weighted by Crippen LogP contribution is 2.59. The van der Waals surface area contributed by atoms with Crippen molar-refractivity contribution in [2.24, 2.45) is 0 Å². The molecule has 26 aromatic carbocycles. The third-order valence-electron chi connectivity index (χ3n) is 29.5. The maximum atomic E-state index is 2.46. The number of aryl methyl sites for hydroxylation is 2. The Morgan fingerprint density at radius 1 is 0.0822 bits per heavy atom. The topological polar surface area (TPSA) is 0 Å². The fourth-order valence-electron chi connectivity index (χ4n) is 22.3. The molecule has 0 bridgehead atoms. The van der Waals surface area contributed by atoms with Gasteiger partial charge in [0, 0.05) is 0 Å². The Morgan fingerprint density at radius 2 is 0.185 bits per heavy atom. The second-order valence-corrected chi connectivity index (χ2v) is 38.4. The molecule has 0 amide bonds. The van der Waals surface area contributed by atoms with E-state index in [1.165, 1.54) is 254 Å². The smallest absolute Gasteiger partial charge is 0.000139 e. The summed E-state index contributed by atoms with van der Waals surface area (Å²) in [5, 5.41) is 14.6. The molecule has 0 aromatic heterocycles. The second kappa shape index (κ2) is 39.1. The highest BCUT2D eigenvalue weighted by Gasteiger charge is 2.31. The summed E-state index contributed by atoms with van der Waals surface area (Å²) in [7, 11) is 0. The van der Waals surface area contributed by atoms with E-state index in [4.69, 9.17) is 0 Å². The molecule has 0 saturated carbocycles. The maximum absolute atomic E-state index is 2.46. The van der Waals surface area contributed by atoms with Gasteiger partial charge in [-0.05, 0) is 303 Å². The van der Waals surface area contributed by atoms with E-state index in [2.05, 4.69) is 584 Å². The van der Waals surface area contributed by atoms with Gasteiger partial charge in [-0.2, -0.15) is 0 Å². The van der Waals surface area contributed by atoms with Gasteiger partial charge < -0.3 is 0 Å². The molecule has 0 aliphatic heterocycles. The molecule has 0 fully saturated rings. The van der Waals surface area contributed by atoms with Crippen LogP contribution < -0.4 is 0 Å². The fraction of sp³-hybridized carbons (Fsp3) is 0.0137. The molecule has 0 atom stereocenters. The lowest BCUT2D eigenvalue weighted by atomic mass is 9.76. The van der Waals surface area contributed by atoms with Gasteiger partial charge in [-0.3, -0.25) is 0 Å². The van der Waals surface area contributed by atoms with Crippen molar-refractivity contribution in [1.29, 1.82) is 0 Å². The molecular formula is C146H100. The summed E-state index contributed by atoms with van der Waals surface area (Å²) in [6.07, 6.45) is 0. The molecule has 0 heterocycles. The van der Waals surface area contributed by atoms with Crippen molar-refractivity contribution < 1.29 is 0 Å². The summed E-state index contributed by atoms with van der Waals surface area (Å²) in [5.41, 5.74) is 45.4. The molecule has 0 aliphatic carbocycles. The van der Waals surface area contributed by atoms with Gasteiger partial charge in [0.15, 0.2) is 0 Å². The zero-order valence-corrected chi connectivity index (χ0v) is 81.3.